The Morgan fingerprint density at radius 3 is 1.78 bits per heavy atom. The van der Waals surface area contributed by atoms with Crippen molar-refractivity contribution in [1.82, 2.24) is 0 Å². The summed E-state index contributed by atoms with van der Waals surface area (Å²) in [6, 6.07) is 21.6. The van der Waals surface area contributed by atoms with Crippen LogP contribution < -0.4 is 18.0 Å². The van der Waals surface area contributed by atoms with Gasteiger partial charge in [-0.05, 0) is 12.1 Å². The SMILES string of the molecule is C/C(=N\N=C(\N)[S-])C(=O)[O-].c1cc[c]([Sn+2][c]2ccccc2)cc1. The first kappa shape index (κ1) is 19.1. The zero-order valence-electron chi connectivity index (χ0n) is 12.5. The molecule has 0 bridgehead atoms. The first-order valence-electron chi connectivity index (χ1n) is 6.62. The maximum atomic E-state index is 9.93. The van der Waals surface area contributed by atoms with Crippen LogP contribution in [0.2, 0.25) is 0 Å². The molecule has 0 fully saturated rings. The van der Waals surface area contributed by atoms with Gasteiger partial charge in [0.25, 0.3) is 0 Å². The van der Waals surface area contributed by atoms with Crippen LogP contribution in [0.3, 0.4) is 0 Å². The third-order valence-electron chi connectivity index (χ3n) is 2.43. The fourth-order valence-electron chi connectivity index (χ4n) is 1.37. The number of carboxylic acids is 1. The summed E-state index contributed by atoms with van der Waals surface area (Å²) in [5, 5.41) is 16.0. The molecule has 0 aliphatic rings. The molecule has 0 radical (unpaired) electrons. The van der Waals surface area contributed by atoms with Gasteiger partial charge in [-0.25, -0.2) is 0 Å². The molecule has 0 unspecified atom stereocenters. The fraction of sp³-hybridized carbons (Fsp3) is 0.0625. The number of nitrogens with two attached hydrogens (primary N) is 1. The molecular weight excluding hydrogens is 417 g/mol. The van der Waals surface area contributed by atoms with E-state index in [1.54, 1.807) is 0 Å². The van der Waals surface area contributed by atoms with Crippen molar-refractivity contribution in [3.63, 3.8) is 0 Å². The van der Waals surface area contributed by atoms with Crippen molar-refractivity contribution in [2.75, 3.05) is 0 Å². The van der Waals surface area contributed by atoms with Gasteiger partial charge in [0, 0.05) is 0 Å². The summed E-state index contributed by atoms with van der Waals surface area (Å²) >= 11 is 3.77. The van der Waals surface area contributed by atoms with E-state index in [4.69, 9.17) is 5.73 Å². The van der Waals surface area contributed by atoms with Gasteiger partial charge in [0.1, 0.15) is 0 Å². The summed E-state index contributed by atoms with van der Waals surface area (Å²) in [7, 11) is 0. The second-order valence-electron chi connectivity index (χ2n) is 4.27. The molecule has 2 aromatic rings. The van der Waals surface area contributed by atoms with Gasteiger partial charge in [0.15, 0.2) is 0 Å². The van der Waals surface area contributed by atoms with E-state index < -0.39 is 27.1 Å². The molecule has 0 aromatic heterocycles. The summed E-state index contributed by atoms with van der Waals surface area (Å²) in [6.45, 7) is 1.23. The molecule has 116 valence electrons. The number of aliphatic carboxylic acids is 1. The van der Waals surface area contributed by atoms with Crippen LogP contribution in [0.1, 0.15) is 6.92 Å². The minimum atomic E-state index is -1.39. The first-order chi connectivity index (χ1) is 11.0. The van der Waals surface area contributed by atoms with Gasteiger partial charge in [0.05, 0.1) is 11.7 Å². The Balaban J connectivity index is 0.000000241. The van der Waals surface area contributed by atoms with E-state index in [1.165, 1.54) is 14.1 Å². The Labute approximate surface area is 151 Å². The van der Waals surface area contributed by atoms with Crippen molar-refractivity contribution in [3.8, 4) is 0 Å². The van der Waals surface area contributed by atoms with Crippen LogP contribution in [0.5, 0.6) is 0 Å². The summed E-state index contributed by atoms with van der Waals surface area (Å²) in [4.78, 5) is 9.93. The summed E-state index contributed by atoms with van der Waals surface area (Å²) in [5.74, 6) is -1.39. The Bertz CT molecular complexity index is 635. The van der Waals surface area contributed by atoms with Crippen LogP contribution in [-0.2, 0) is 17.4 Å². The van der Waals surface area contributed by atoms with Crippen molar-refractivity contribution >= 4 is 57.8 Å². The van der Waals surface area contributed by atoms with Crippen molar-refractivity contribution in [2.45, 2.75) is 6.92 Å². The molecule has 0 atom stereocenters. The van der Waals surface area contributed by atoms with Gasteiger partial charge in [-0.2, -0.15) is 10.2 Å². The number of nitrogens with zero attached hydrogens (tertiary/aromatic N) is 2. The van der Waals surface area contributed by atoms with Gasteiger partial charge in [-0.15, -0.1) is 0 Å². The predicted molar refractivity (Wildman–Crippen MR) is 95.0 cm³/mol. The number of carboxylic acid groups (broad SMARTS) is 1. The second kappa shape index (κ2) is 10.7. The third-order valence-corrected chi connectivity index (χ3v) is 6.06. The first-order valence-corrected chi connectivity index (χ1v) is 9.88. The average molecular weight is 432 g/mol. The van der Waals surface area contributed by atoms with E-state index in [2.05, 4.69) is 83.5 Å². The Hall–Kier alpha value is -1.93. The molecule has 0 amide bonds. The number of hydrogen-bond donors (Lipinski definition) is 1. The van der Waals surface area contributed by atoms with Crippen LogP contribution in [0.25, 0.3) is 0 Å². The number of carbonyl (C=O) groups is 1. The minimum absolute atomic E-state index is 0.208. The van der Waals surface area contributed by atoms with E-state index in [9.17, 15) is 9.90 Å². The van der Waals surface area contributed by atoms with Crippen LogP contribution in [0.15, 0.2) is 70.9 Å². The molecule has 0 spiro atoms. The molecule has 2 N–H and O–H groups in total. The van der Waals surface area contributed by atoms with Gasteiger partial charge in [-0.1, -0.05) is 0 Å². The molecule has 0 saturated carbocycles. The number of amidine groups is 1. The van der Waals surface area contributed by atoms with Gasteiger partial charge < -0.3 is 28.3 Å². The summed E-state index contributed by atoms with van der Waals surface area (Å²) in [5.41, 5.74) is 4.63. The number of carbonyl (C=O) groups excluding carboxylic acids is 1. The predicted octanol–water partition coefficient (Wildman–Crippen LogP) is -0.685. The molecule has 7 heteroatoms. The van der Waals surface area contributed by atoms with Crippen molar-refractivity contribution in [2.24, 2.45) is 15.9 Å². The Morgan fingerprint density at radius 2 is 1.43 bits per heavy atom. The zero-order chi connectivity index (χ0) is 17.1. The number of rotatable bonds is 4. The molecule has 0 aliphatic carbocycles. The Kier molecular flexibility index (Phi) is 8.92. The normalized spacial score (nSPS) is 11.0. The quantitative estimate of drug-likeness (QED) is 0.228. The molecule has 0 heterocycles. The van der Waals surface area contributed by atoms with Gasteiger partial charge in [0.2, 0.25) is 0 Å². The maximum absolute atomic E-state index is 9.93. The monoisotopic (exact) mass is 433 g/mol. The van der Waals surface area contributed by atoms with Crippen molar-refractivity contribution in [1.29, 1.82) is 0 Å². The topological polar surface area (TPSA) is 90.9 Å². The molecule has 23 heavy (non-hydrogen) atoms. The zero-order valence-corrected chi connectivity index (χ0v) is 16.1. The molecule has 0 saturated heterocycles. The number of benzene rings is 2. The molecule has 2 rings (SSSR count). The Morgan fingerprint density at radius 1 is 1.00 bits per heavy atom. The summed E-state index contributed by atoms with van der Waals surface area (Å²) in [6.07, 6.45) is 0. The van der Waals surface area contributed by atoms with E-state index in [0.29, 0.717) is 0 Å². The summed E-state index contributed by atoms with van der Waals surface area (Å²) < 4.78 is 3.08. The van der Waals surface area contributed by atoms with Crippen LogP contribution in [0, 0.1) is 0 Å². The molecule has 0 aliphatic heterocycles. The molecular formula is C16H15N3O2SSn. The second-order valence-corrected chi connectivity index (χ2v) is 8.70. The van der Waals surface area contributed by atoms with Crippen molar-refractivity contribution in [3.05, 3.63) is 60.7 Å². The fourth-order valence-corrected chi connectivity index (χ4v) is 4.42. The molecule has 2 aromatic carbocycles. The van der Waals surface area contributed by atoms with E-state index in [1.807, 2.05) is 0 Å². The van der Waals surface area contributed by atoms with Crippen LogP contribution in [-0.4, -0.2) is 38.0 Å². The average Bonchev–Trinajstić information content (AvgIpc) is 2.55. The van der Waals surface area contributed by atoms with E-state index in [-0.39, 0.29) is 10.9 Å². The molecule has 5 nitrogen and oxygen atoms in total. The number of hydrogen-bond acceptors (Lipinski definition) is 5. The van der Waals surface area contributed by atoms with Crippen LogP contribution >= 0.6 is 0 Å². The van der Waals surface area contributed by atoms with Crippen molar-refractivity contribution < 1.29 is 9.90 Å². The standard InChI is InChI=1S/2C6H5.C4H7N3O2S.Sn/c2*1-2-4-6-5-3-1;1-2(3(8)9)6-7-4(5)10;/h2*1-5H;1H3,(H,8,9)(H3,5,7,10);/q;;;+2/p-2/b;;6-2+;. The van der Waals surface area contributed by atoms with Gasteiger partial charge in [-0.3, -0.25) is 0 Å². The third kappa shape index (κ3) is 8.94. The van der Waals surface area contributed by atoms with E-state index >= 15 is 0 Å². The van der Waals surface area contributed by atoms with Crippen LogP contribution in [0.4, 0.5) is 0 Å². The van der Waals surface area contributed by atoms with E-state index in [0.717, 1.165) is 0 Å². The van der Waals surface area contributed by atoms with Gasteiger partial charge >= 0.3 is 89.0 Å².